The van der Waals surface area contributed by atoms with Gasteiger partial charge in [0.1, 0.15) is 17.8 Å². The van der Waals surface area contributed by atoms with Crippen LogP contribution in [0.3, 0.4) is 0 Å². The lowest BCUT2D eigenvalue weighted by Crippen LogP contribution is -2.18. The summed E-state index contributed by atoms with van der Waals surface area (Å²) in [5.74, 6) is 0.349. The Hall–Kier alpha value is -3.39. The summed E-state index contributed by atoms with van der Waals surface area (Å²) >= 11 is 5.93. The fourth-order valence-electron chi connectivity index (χ4n) is 2.58. The van der Waals surface area contributed by atoms with E-state index in [0.29, 0.717) is 33.3 Å². The number of imidazole rings is 1. The minimum absolute atomic E-state index is 0.0110. The number of nitrogens with one attached hydrogen (secondary N) is 1. The van der Waals surface area contributed by atoms with Crippen LogP contribution in [0.1, 0.15) is 0 Å². The zero-order valence-electron chi connectivity index (χ0n) is 13.4. The monoisotopic (exact) mass is 368 g/mol. The predicted molar refractivity (Wildman–Crippen MR) is 97.5 cm³/mol. The highest BCUT2D eigenvalue weighted by atomic mass is 35.5. The number of nitrogens with two attached hydrogens (primary N) is 1. The fraction of sp³-hybridized carbons (Fsp3) is 0.0588. The van der Waals surface area contributed by atoms with E-state index >= 15 is 0 Å². The molecule has 3 aromatic heterocycles. The van der Waals surface area contributed by atoms with Gasteiger partial charge in [0.2, 0.25) is 11.9 Å². The van der Waals surface area contributed by atoms with Crippen molar-refractivity contribution in [2.24, 2.45) is 0 Å². The van der Waals surface area contributed by atoms with Crippen LogP contribution in [-0.2, 0) is 11.3 Å². The Bertz CT molecular complexity index is 1090. The zero-order valence-corrected chi connectivity index (χ0v) is 14.1. The second-order valence-corrected chi connectivity index (χ2v) is 5.95. The van der Waals surface area contributed by atoms with Gasteiger partial charge in [0.25, 0.3) is 0 Å². The summed E-state index contributed by atoms with van der Waals surface area (Å²) in [5, 5.41) is 3.32. The molecular weight excluding hydrogens is 356 g/mol. The largest absolute Gasteiger partial charge is 0.463 e. The number of carbonyl (C=O) groups is 1. The average molecular weight is 369 g/mol. The predicted octanol–water partition coefficient (Wildman–Crippen LogP) is 2.96. The van der Waals surface area contributed by atoms with Crippen LogP contribution in [0.4, 0.5) is 11.6 Å². The van der Waals surface area contributed by atoms with Crippen molar-refractivity contribution in [1.29, 1.82) is 0 Å². The number of halogens is 1. The summed E-state index contributed by atoms with van der Waals surface area (Å²) in [6, 6.07) is 10.4. The van der Waals surface area contributed by atoms with Gasteiger partial charge in [-0.2, -0.15) is 4.98 Å². The number of hydrogen-bond acceptors (Lipinski definition) is 6. The van der Waals surface area contributed by atoms with Gasteiger partial charge in [-0.05, 0) is 30.3 Å². The van der Waals surface area contributed by atoms with Crippen molar-refractivity contribution in [2.75, 3.05) is 11.1 Å². The molecule has 0 spiro atoms. The van der Waals surface area contributed by atoms with Crippen LogP contribution in [-0.4, -0.2) is 25.4 Å². The van der Waals surface area contributed by atoms with Crippen LogP contribution >= 0.6 is 11.6 Å². The molecule has 0 aliphatic rings. The average Bonchev–Trinajstić information content (AvgIpc) is 3.25. The Labute approximate surface area is 152 Å². The first-order chi connectivity index (χ1) is 12.6. The van der Waals surface area contributed by atoms with Crippen molar-refractivity contribution in [3.05, 3.63) is 54.0 Å². The Morgan fingerprint density at radius 3 is 2.92 bits per heavy atom. The van der Waals surface area contributed by atoms with Crippen molar-refractivity contribution in [3.8, 4) is 11.5 Å². The lowest BCUT2D eigenvalue weighted by atomic mass is 10.3. The van der Waals surface area contributed by atoms with E-state index in [1.165, 1.54) is 12.6 Å². The van der Waals surface area contributed by atoms with Crippen molar-refractivity contribution in [2.45, 2.75) is 6.54 Å². The minimum Gasteiger partial charge on any atom is -0.463 e. The molecule has 0 unspecified atom stereocenters. The molecule has 1 amide bonds. The van der Waals surface area contributed by atoms with Crippen molar-refractivity contribution in [1.82, 2.24) is 19.5 Å². The fourth-order valence-corrected chi connectivity index (χ4v) is 2.77. The quantitative estimate of drug-likeness (QED) is 0.572. The van der Waals surface area contributed by atoms with Crippen LogP contribution in [0.2, 0.25) is 5.02 Å². The summed E-state index contributed by atoms with van der Waals surface area (Å²) in [4.78, 5) is 25.0. The SMILES string of the molecule is Nc1nc(-c2ccco2)c2ncn(CC(=O)Nc3cccc(Cl)c3)c2n1. The summed E-state index contributed by atoms with van der Waals surface area (Å²) in [6.07, 6.45) is 3.05. The van der Waals surface area contributed by atoms with E-state index in [2.05, 4.69) is 20.3 Å². The van der Waals surface area contributed by atoms with Crippen molar-refractivity contribution in [3.63, 3.8) is 0 Å². The van der Waals surface area contributed by atoms with E-state index in [9.17, 15) is 4.79 Å². The highest BCUT2D eigenvalue weighted by Gasteiger charge is 2.17. The van der Waals surface area contributed by atoms with E-state index in [0.717, 1.165) is 0 Å². The van der Waals surface area contributed by atoms with Gasteiger partial charge in [-0.1, -0.05) is 17.7 Å². The first-order valence-electron chi connectivity index (χ1n) is 7.68. The van der Waals surface area contributed by atoms with E-state index in [-0.39, 0.29) is 18.4 Å². The second kappa shape index (κ2) is 6.49. The van der Waals surface area contributed by atoms with E-state index in [1.54, 1.807) is 41.0 Å². The maximum absolute atomic E-state index is 12.3. The molecule has 0 fully saturated rings. The molecule has 8 nitrogen and oxygen atoms in total. The van der Waals surface area contributed by atoms with Gasteiger partial charge >= 0.3 is 0 Å². The number of amides is 1. The number of furan rings is 1. The van der Waals surface area contributed by atoms with E-state index in [1.807, 2.05) is 0 Å². The highest BCUT2D eigenvalue weighted by molar-refractivity contribution is 6.30. The summed E-state index contributed by atoms with van der Waals surface area (Å²) in [6.45, 7) is 0.0110. The van der Waals surface area contributed by atoms with Crippen molar-refractivity contribution >= 4 is 40.3 Å². The third-order valence-corrected chi connectivity index (χ3v) is 3.89. The number of fused-ring (bicyclic) bond motifs is 1. The standard InChI is InChI=1S/C17H13ClN6O2/c18-10-3-1-4-11(7-10)21-13(25)8-24-9-20-15-14(12-5-2-6-26-12)22-17(19)23-16(15)24/h1-7,9H,8H2,(H,21,25)(H2,19,22,23). The first kappa shape index (κ1) is 16.1. The van der Waals surface area contributed by atoms with Crippen LogP contribution in [0.15, 0.2) is 53.4 Å². The molecular formula is C17H13ClN6O2. The van der Waals surface area contributed by atoms with E-state index < -0.39 is 0 Å². The molecule has 130 valence electrons. The molecule has 26 heavy (non-hydrogen) atoms. The zero-order chi connectivity index (χ0) is 18.1. The normalized spacial score (nSPS) is 11.0. The van der Waals surface area contributed by atoms with Gasteiger partial charge in [-0.15, -0.1) is 0 Å². The maximum atomic E-state index is 12.3. The summed E-state index contributed by atoms with van der Waals surface area (Å²) < 4.78 is 6.97. The molecule has 0 bridgehead atoms. The number of hydrogen-bond donors (Lipinski definition) is 2. The third-order valence-electron chi connectivity index (χ3n) is 3.66. The smallest absolute Gasteiger partial charge is 0.244 e. The topological polar surface area (TPSA) is 112 Å². The molecule has 1 aromatic carbocycles. The number of carbonyl (C=O) groups excluding carboxylic acids is 1. The second-order valence-electron chi connectivity index (χ2n) is 5.51. The number of rotatable bonds is 4. The molecule has 0 radical (unpaired) electrons. The lowest BCUT2D eigenvalue weighted by molar-refractivity contribution is -0.116. The van der Waals surface area contributed by atoms with E-state index in [4.69, 9.17) is 21.8 Å². The third kappa shape index (κ3) is 3.09. The molecule has 3 N–H and O–H groups in total. The molecule has 0 atom stereocenters. The Balaban J connectivity index is 1.64. The molecule has 4 rings (SSSR count). The molecule has 9 heteroatoms. The van der Waals surface area contributed by atoms with Crippen molar-refractivity contribution < 1.29 is 9.21 Å². The molecule has 0 saturated carbocycles. The number of aromatic nitrogens is 4. The molecule has 0 aliphatic carbocycles. The minimum atomic E-state index is -0.247. The van der Waals surface area contributed by atoms with Crippen LogP contribution < -0.4 is 11.1 Å². The van der Waals surface area contributed by atoms with Gasteiger partial charge in [0, 0.05) is 10.7 Å². The lowest BCUT2D eigenvalue weighted by Gasteiger charge is -2.07. The Morgan fingerprint density at radius 2 is 2.15 bits per heavy atom. The number of anilines is 2. The highest BCUT2D eigenvalue weighted by Crippen LogP contribution is 2.26. The van der Waals surface area contributed by atoms with Gasteiger partial charge in [-0.3, -0.25) is 4.79 Å². The van der Waals surface area contributed by atoms with Gasteiger partial charge in [0.15, 0.2) is 11.4 Å². The Kier molecular flexibility index (Phi) is 4.02. The van der Waals surface area contributed by atoms with Gasteiger partial charge < -0.3 is 20.0 Å². The first-order valence-corrected chi connectivity index (χ1v) is 8.05. The van der Waals surface area contributed by atoms with Gasteiger partial charge in [-0.25, -0.2) is 9.97 Å². The Morgan fingerprint density at radius 1 is 1.27 bits per heavy atom. The molecule has 3 heterocycles. The summed E-state index contributed by atoms with van der Waals surface area (Å²) in [5.41, 5.74) is 7.85. The van der Waals surface area contributed by atoms with Gasteiger partial charge in [0.05, 0.1) is 12.6 Å². The number of nitrogens with zero attached hydrogens (tertiary/aromatic N) is 4. The maximum Gasteiger partial charge on any atom is 0.244 e. The molecule has 0 aliphatic heterocycles. The molecule has 4 aromatic rings. The van der Waals surface area contributed by atoms with Crippen LogP contribution in [0.25, 0.3) is 22.6 Å². The van der Waals surface area contributed by atoms with Crippen LogP contribution in [0.5, 0.6) is 0 Å². The number of nitrogen functional groups attached to an aromatic ring is 1. The summed E-state index contributed by atoms with van der Waals surface area (Å²) in [7, 11) is 0. The number of benzene rings is 1. The molecule has 0 saturated heterocycles. The van der Waals surface area contributed by atoms with Crippen LogP contribution in [0, 0.1) is 0 Å².